The zero-order chi connectivity index (χ0) is 14.5. The minimum absolute atomic E-state index is 0.115. The molecule has 20 heavy (non-hydrogen) atoms. The summed E-state index contributed by atoms with van der Waals surface area (Å²) in [5.41, 5.74) is 6.81. The van der Waals surface area contributed by atoms with Gasteiger partial charge in [-0.2, -0.15) is 0 Å². The van der Waals surface area contributed by atoms with Gasteiger partial charge in [-0.3, -0.25) is 10.3 Å². The summed E-state index contributed by atoms with van der Waals surface area (Å²) in [5.74, 6) is -0.494. The van der Waals surface area contributed by atoms with E-state index in [9.17, 15) is 4.39 Å². The number of nitrogens with one attached hydrogen (secondary N) is 1. The molecular formula is C14H21FN4O. The number of hydrogen-bond donors (Lipinski definition) is 3. The molecule has 5 nitrogen and oxygen atoms in total. The van der Waals surface area contributed by atoms with Gasteiger partial charge >= 0.3 is 0 Å². The molecule has 0 radical (unpaired) electrons. The number of nitrogens with two attached hydrogens (primary N) is 1. The second-order valence-corrected chi connectivity index (χ2v) is 4.98. The van der Waals surface area contributed by atoms with Crippen LogP contribution in [0.15, 0.2) is 18.2 Å². The van der Waals surface area contributed by atoms with Gasteiger partial charge in [-0.15, -0.1) is 0 Å². The Bertz CT molecular complexity index is 480. The third kappa shape index (κ3) is 3.46. The van der Waals surface area contributed by atoms with Crippen molar-refractivity contribution in [1.82, 2.24) is 4.90 Å². The van der Waals surface area contributed by atoms with Crippen molar-refractivity contribution in [3.63, 3.8) is 0 Å². The summed E-state index contributed by atoms with van der Waals surface area (Å²) in [6, 6.07) is 4.40. The number of aliphatic hydroxyl groups is 1. The van der Waals surface area contributed by atoms with Crippen LogP contribution in [0.4, 0.5) is 10.1 Å². The molecule has 1 aromatic carbocycles. The molecule has 6 heteroatoms. The van der Waals surface area contributed by atoms with Crippen molar-refractivity contribution in [1.29, 1.82) is 5.41 Å². The third-order valence-electron chi connectivity index (χ3n) is 3.59. The predicted octanol–water partition coefficient (Wildman–Crippen LogP) is 0.614. The Morgan fingerprint density at radius 2 is 2.10 bits per heavy atom. The molecule has 1 aliphatic heterocycles. The maximum absolute atomic E-state index is 13.3. The van der Waals surface area contributed by atoms with Crippen LogP contribution >= 0.6 is 0 Å². The number of amidine groups is 1. The van der Waals surface area contributed by atoms with Crippen molar-refractivity contribution in [2.24, 2.45) is 5.73 Å². The van der Waals surface area contributed by atoms with Crippen LogP contribution in [0.3, 0.4) is 0 Å². The molecule has 0 bridgehead atoms. The van der Waals surface area contributed by atoms with Gasteiger partial charge in [0, 0.05) is 37.4 Å². The number of hydrogen-bond acceptors (Lipinski definition) is 4. The fourth-order valence-corrected chi connectivity index (χ4v) is 2.58. The Balaban J connectivity index is 2.17. The van der Waals surface area contributed by atoms with E-state index < -0.39 is 0 Å². The lowest BCUT2D eigenvalue weighted by atomic mass is 10.1. The number of benzene rings is 1. The lowest BCUT2D eigenvalue weighted by Gasteiger charge is -2.25. The van der Waals surface area contributed by atoms with Crippen LogP contribution in [0, 0.1) is 11.2 Å². The van der Waals surface area contributed by atoms with E-state index in [0.29, 0.717) is 12.1 Å². The molecule has 1 heterocycles. The molecule has 0 aromatic heterocycles. The molecule has 1 saturated heterocycles. The molecular weight excluding hydrogens is 259 g/mol. The van der Waals surface area contributed by atoms with Gasteiger partial charge in [-0.25, -0.2) is 4.39 Å². The summed E-state index contributed by atoms with van der Waals surface area (Å²) in [5, 5.41) is 16.6. The molecule has 1 aromatic rings. The van der Waals surface area contributed by atoms with E-state index in [4.69, 9.17) is 16.2 Å². The Morgan fingerprint density at radius 3 is 2.80 bits per heavy atom. The number of nitrogen functional groups attached to an aromatic ring is 1. The van der Waals surface area contributed by atoms with Crippen LogP contribution < -0.4 is 10.6 Å². The fourth-order valence-electron chi connectivity index (χ4n) is 2.58. The summed E-state index contributed by atoms with van der Waals surface area (Å²) in [7, 11) is 0. The highest BCUT2D eigenvalue weighted by Crippen LogP contribution is 2.22. The van der Waals surface area contributed by atoms with E-state index in [1.54, 1.807) is 6.07 Å². The topological polar surface area (TPSA) is 76.6 Å². The maximum atomic E-state index is 13.3. The zero-order valence-corrected chi connectivity index (χ0v) is 11.5. The van der Waals surface area contributed by atoms with E-state index in [0.717, 1.165) is 38.3 Å². The van der Waals surface area contributed by atoms with E-state index in [-0.39, 0.29) is 18.3 Å². The third-order valence-corrected chi connectivity index (χ3v) is 3.59. The summed E-state index contributed by atoms with van der Waals surface area (Å²) < 4.78 is 13.3. The normalized spacial score (nSPS) is 17.0. The summed E-state index contributed by atoms with van der Waals surface area (Å²) in [6.45, 7) is 4.24. The first kappa shape index (κ1) is 14.7. The van der Waals surface area contributed by atoms with Crippen LogP contribution in [0.5, 0.6) is 0 Å². The number of anilines is 1. The molecule has 0 saturated carbocycles. The predicted molar refractivity (Wildman–Crippen MR) is 77.8 cm³/mol. The minimum Gasteiger partial charge on any atom is -0.395 e. The van der Waals surface area contributed by atoms with E-state index >= 15 is 0 Å². The Labute approximate surface area is 118 Å². The van der Waals surface area contributed by atoms with Crippen molar-refractivity contribution in [2.45, 2.75) is 6.42 Å². The fraction of sp³-hybridized carbons (Fsp3) is 0.500. The van der Waals surface area contributed by atoms with Crippen LogP contribution in [-0.4, -0.2) is 55.2 Å². The highest BCUT2D eigenvalue weighted by Gasteiger charge is 2.18. The first-order valence-corrected chi connectivity index (χ1v) is 6.84. The van der Waals surface area contributed by atoms with Crippen molar-refractivity contribution in [3.8, 4) is 0 Å². The van der Waals surface area contributed by atoms with Gasteiger partial charge in [-0.05, 0) is 31.2 Å². The highest BCUT2D eigenvalue weighted by molar-refractivity contribution is 6.00. The first-order valence-electron chi connectivity index (χ1n) is 6.84. The van der Waals surface area contributed by atoms with Gasteiger partial charge in [0.1, 0.15) is 11.7 Å². The average Bonchev–Trinajstić information content (AvgIpc) is 2.65. The largest absolute Gasteiger partial charge is 0.395 e. The number of aliphatic hydroxyl groups excluding tert-OH is 1. The van der Waals surface area contributed by atoms with E-state index in [2.05, 4.69) is 9.80 Å². The lowest BCUT2D eigenvalue weighted by Crippen LogP contribution is -2.33. The molecule has 0 spiro atoms. The molecule has 0 unspecified atom stereocenters. The molecule has 0 atom stereocenters. The molecule has 1 fully saturated rings. The molecule has 0 amide bonds. The quantitative estimate of drug-likeness (QED) is 0.558. The van der Waals surface area contributed by atoms with Gasteiger partial charge < -0.3 is 15.7 Å². The molecule has 0 aliphatic carbocycles. The minimum atomic E-state index is -0.379. The Hall–Kier alpha value is -1.66. The number of nitrogens with zero attached hydrogens (tertiary/aromatic N) is 2. The first-order chi connectivity index (χ1) is 9.61. The number of β-amino-alcohol motifs (C(OH)–C–C–N with tert-alkyl or cyclic N) is 1. The second-order valence-electron chi connectivity index (χ2n) is 4.98. The average molecular weight is 280 g/mol. The SMILES string of the molecule is N=C(N)c1cc(F)ccc1N1CCCN(CCO)CC1. The summed E-state index contributed by atoms with van der Waals surface area (Å²) >= 11 is 0. The summed E-state index contributed by atoms with van der Waals surface area (Å²) in [4.78, 5) is 4.34. The summed E-state index contributed by atoms with van der Waals surface area (Å²) in [6.07, 6.45) is 0.967. The van der Waals surface area contributed by atoms with Gasteiger partial charge in [0.05, 0.1) is 6.61 Å². The van der Waals surface area contributed by atoms with E-state index in [1.165, 1.54) is 12.1 Å². The van der Waals surface area contributed by atoms with Gasteiger partial charge in [0.25, 0.3) is 0 Å². The van der Waals surface area contributed by atoms with Gasteiger partial charge in [-0.1, -0.05) is 0 Å². The molecule has 1 aliphatic rings. The van der Waals surface area contributed by atoms with Crippen molar-refractivity contribution in [3.05, 3.63) is 29.6 Å². The van der Waals surface area contributed by atoms with Gasteiger partial charge in [0.15, 0.2) is 0 Å². The smallest absolute Gasteiger partial charge is 0.125 e. The van der Waals surface area contributed by atoms with Crippen molar-refractivity contribution >= 4 is 11.5 Å². The number of halogens is 1. The molecule has 4 N–H and O–H groups in total. The van der Waals surface area contributed by atoms with Gasteiger partial charge in [0.2, 0.25) is 0 Å². The second kappa shape index (κ2) is 6.67. The lowest BCUT2D eigenvalue weighted by molar-refractivity contribution is 0.204. The Morgan fingerprint density at radius 1 is 1.30 bits per heavy atom. The monoisotopic (exact) mass is 280 g/mol. The maximum Gasteiger partial charge on any atom is 0.125 e. The zero-order valence-electron chi connectivity index (χ0n) is 11.5. The molecule has 110 valence electrons. The standard InChI is InChI=1S/C14H21FN4O/c15-11-2-3-13(12(10-11)14(16)17)19-5-1-4-18(6-7-19)8-9-20/h2-3,10,20H,1,4-9H2,(H3,16,17). The highest BCUT2D eigenvalue weighted by atomic mass is 19.1. The van der Waals surface area contributed by atoms with Crippen LogP contribution in [0.25, 0.3) is 0 Å². The van der Waals surface area contributed by atoms with Crippen molar-refractivity contribution in [2.75, 3.05) is 44.2 Å². The van der Waals surface area contributed by atoms with Crippen molar-refractivity contribution < 1.29 is 9.50 Å². The number of rotatable bonds is 4. The van der Waals surface area contributed by atoms with Crippen LogP contribution in [0.2, 0.25) is 0 Å². The van der Waals surface area contributed by atoms with Crippen LogP contribution in [-0.2, 0) is 0 Å². The van der Waals surface area contributed by atoms with Crippen LogP contribution in [0.1, 0.15) is 12.0 Å². The Kier molecular flexibility index (Phi) is 4.92. The van der Waals surface area contributed by atoms with E-state index in [1.807, 2.05) is 0 Å². The molecule has 2 rings (SSSR count).